The number of aromatic amines is 1. The molecular formula is C14H19F3N2O2. The smallest absolute Gasteiger partial charge is 0.381 e. The van der Waals surface area contributed by atoms with E-state index >= 15 is 0 Å². The van der Waals surface area contributed by atoms with Crippen LogP contribution in [-0.4, -0.2) is 42.1 Å². The second-order valence-electron chi connectivity index (χ2n) is 5.22. The molecule has 0 aromatic carbocycles. The summed E-state index contributed by atoms with van der Waals surface area (Å²) in [5, 5.41) is 0. The number of carbonyl (C=O) groups excluding carboxylic acids is 1. The first kappa shape index (κ1) is 15.9. The highest BCUT2D eigenvalue weighted by Gasteiger charge is 2.34. The average Bonchev–Trinajstić information content (AvgIpc) is 2.94. The number of aromatic nitrogens is 1. The molecule has 7 heteroatoms. The molecule has 0 radical (unpaired) electrons. The molecule has 4 nitrogen and oxygen atoms in total. The quantitative estimate of drug-likeness (QED) is 0.929. The fourth-order valence-corrected chi connectivity index (χ4v) is 2.53. The number of hydrogen-bond acceptors (Lipinski definition) is 2. The number of hydrogen-bond donors (Lipinski definition) is 1. The van der Waals surface area contributed by atoms with Crippen LogP contribution in [0.4, 0.5) is 13.2 Å². The van der Waals surface area contributed by atoms with Crippen molar-refractivity contribution < 1.29 is 22.7 Å². The van der Waals surface area contributed by atoms with Crippen LogP contribution in [0.2, 0.25) is 0 Å². The molecule has 1 aromatic heterocycles. The molecule has 1 aliphatic heterocycles. The Morgan fingerprint density at radius 2 is 2.29 bits per heavy atom. The zero-order valence-electron chi connectivity index (χ0n) is 11.9. The number of rotatable bonds is 4. The third kappa shape index (κ3) is 4.00. The first-order valence-corrected chi connectivity index (χ1v) is 7.04. The summed E-state index contributed by atoms with van der Waals surface area (Å²) in [6.45, 7) is 4.22. The highest BCUT2D eigenvalue weighted by molar-refractivity contribution is 5.94. The summed E-state index contributed by atoms with van der Waals surface area (Å²) in [6.07, 6.45) is -1.51. The highest BCUT2D eigenvalue weighted by Crippen LogP contribution is 2.29. The Kier molecular flexibility index (Phi) is 4.92. The first-order valence-electron chi connectivity index (χ1n) is 7.04. The molecule has 1 amide bonds. The molecule has 2 heterocycles. The molecule has 21 heavy (non-hydrogen) atoms. The van der Waals surface area contributed by atoms with Crippen LogP contribution in [0.5, 0.6) is 0 Å². The van der Waals surface area contributed by atoms with Gasteiger partial charge in [-0.05, 0) is 31.7 Å². The summed E-state index contributed by atoms with van der Waals surface area (Å²) in [5.74, 6) is -0.105. The van der Waals surface area contributed by atoms with E-state index in [-0.39, 0.29) is 17.4 Å². The van der Waals surface area contributed by atoms with Crippen molar-refractivity contribution >= 4 is 5.91 Å². The number of piperidine rings is 1. The number of H-pyrrole nitrogens is 1. The molecule has 0 bridgehead atoms. The Labute approximate surface area is 121 Å². The number of alkyl halides is 3. The van der Waals surface area contributed by atoms with Gasteiger partial charge in [0.1, 0.15) is 5.69 Å². The lowest BCUT2D eigenvalue weighted by Crippen LogP contribution is -2.41. The molecule has 1 aliphatic rings. The van der Waals surface area contributed by atoms with E-state index in [2.05, 4.69) is 4.98 Å². The van der Waals surface area contributed by atoms with Gasteiger partial charge in [0.15, 0.2) is 0 Å². The van der Waals surface area contributed by atoms with Crippen molar-refractivity contribution in [3.8, 4) is 0 Å². The van der Waals surface area contributed by atoms with Crippen molar-refractivity contribution in [2.75, 3.05) is 26.3 Å². The molecule has 118 valence electrons. The van der Waals surface area contributed by atoms with Gasteiger partial charge in [0, 0.05) is 25.9 Å². The van der Waals surface area contributed by atoms with Gasteiger partial charge in [-0.15, -0.1) is 0 Å². The number of amides is 1. The Bertz CT molecular complexity index is 485. The second kappa shape index (κ2) is 6.51. The minimum absolute atomic E-state index is 0.0550. The van der Waals surface area contributed by atoms with Crippen LogP contribution in [0.25, 0.3) is 0 Å². The van der Waals surface area contributed by atoms with Gasteiger partial charge in [0.05, 0.1) is 12.2 Å². The Balaban J connectivity index is 2.00. The van der Waals surface area contributed by atoms with Gasteiger partial charge >= 0.3 is 6.18 Å². The lowest BCUT2D eigenvalue weighted by atomic mass is 9.98. The number of likely N-dealkylation sites (tertiary alicyclic amines) is 1. The molecule has 1 saturated heterocycles. The van der Waals surface area contributed by atoms with E-state index in [9.17, 15) is 18.0 Å². The van der Waals surface area contributed by atoms with E-state index in [0.29, 0.717) is 26.3 Å². The maximum Gasteiger partial charge on any atom is 0.431 e. The van der Waals surface area contributed by atoms with Gasteiger partial charge < -0.3 is 14.6 Å². The van der Waals surface area contributed by atoms with Crippen LogP contribution < -0.4 is 0 Å². The number of halogens is 3. The minimum Gasteiger partial charge on any atom is -0.381 e. The maximum absolute atomic E-state index is 12.5. The van der Waals surface area contributed by atoms with Crippen molar-refractivity contribution in [3.05, 3.63) is 23.5 Å². The summed E-state index contributed by atoms with van der Waals surface area (Å²) in [6, 6.07) is 0.870. The van der Waals surface area contributed by atoms with E-state index in [1.54, 1.807) is 4.90 Å². The van der Waals surface area contributed by atoms with Gasteiger partial charge in [-0.1, -0.05) is 0 Å². The predicted octanol–water partition coefficient (Wildman–Crippen LogP) is 2.92. The lowest BCUT2D eigenvalue weighted by molar-refractivity contribution is -0.140. The van der Waals surface area contributed by atoms with Crippen LogP contribution in [0.1, 0.15) is 35.8 Å². The van der Waals surface area contributed by atoms with Gasteiger partial charge in [0.25, 0.3) is 5.91 Å². The topological polar surface area (TPSA) is 45.3 Å². The third-order valence-corrected chi connectivity index (χ3v) is 3.60. The first-order chi connectivity index (χ1) is 9.91. The predicted molar refractivity (Wildman–Crippen MR) is 70.9 cm³/mol. The Hall–Kier alpha value is -1.50. The number of nitrogens with zero attached hydrogens (tertiary/aromatic N) is 1. The van der Waals surface area contributed by atoms with Crippen LogP contribution in [-0.2, 0) is 10.9 Å². The number of carbonyl (C=O) groups is 1. The monoisotopic (exact) mass is 304 g/mol. The molecule has 1 unspecified atom stereocenters. The van der Waals surface area contributed by atoms with E-state index in [1.807, 2.05) is 6.92 Å². The van der Waals surface area contributed by atoms with Crippen molar-refractivity contribution in [3.63, 3.8) is 0 Å². The SMILES string of the molecule is CCOCC1CCCN(C(=O)c2c[nH]c(C(F)(F)F)c2)C1. The fourth-order valence-electron chi connectivity index (χ4n) is 2.53. The van der Waals surface area contributed by atoms with E-state index in [1.165, 1.54) is 0 Å². The molecule has 1 atom stereocenters. The van der Waals surface area contributed by atoms with Gasteiger partial charge in [-0.3, -0.25) is 4.79 Å². The molecule has 1 aromatic rings. The van der Waals surface area contributed by atoms with Gasteiger partial charge in [0.2, 0.25) is 0 Å². The van der Waals surface area contributed by atoms with Gasteiger partial charge in [-0.2, -0.15) is 13.2 Å². The summed E-state index contributed by atoms with van der Waals surface area (Å²) in [4.78, 5) is 16.0. The molecule has 1 N–H and O–H groups in total. The van der Waals surface area contributed by atoms with Gasteiger partial charge in [-0.25, -0.2) is 0 Å². The molecule has 0 saturated carbocycles. The highest BCUT2D eigenvalue weighted by atomic mass is 19.4. The fraction of sp³-hybridized carbons (Fsp3) is 0.643. The lowest BCUT2D eigenvalue weighted by Gasteiger charge is -2.32. The average molecular weight is 304 g/mol. The van der Waals surface area contributed by atoms with E-state index in [0.717, 1.165) is 25.1 Å². The molecule has 2 rings (SSSR count). The summed E-state index contributed by atoms with van der Waals surface area (Å²) in [7, 11) is 0. The normalized spacial score (nSPS) is 19.8. The number of ether oxygens (including phenoxy) is 1. The minimum atomic E-state index is -4.46. The van der Waals surface area contributed by atoms with Crippen LogP contribution >= 0.6 is 0 Å². The zero-order valence-corrected chi connectivity index (χ0v) is 11.9. The van der Waals surface area contributed by atoms with E-state index in [4.69, 9.17) is 4.74 Å². The van der Waals surface area contributed by atoms with E-state index < -0.39 is 11.9 Å². The Morgan fingerprint density at radius 3 is 2.90 bits per heavy atom. The van der Waals surface area contributed by atoms with Crippen molar-refractivity contribution in [1.29, 1.82) is 0 Å². The Morgan fingerprint density at radius 1 is 1.52 bits per heavy atom. The molecular weight excluding hydrogens is 285 g/mol. The van der Waals surface area contributed by atoms with Crippen molar-refractivity contribution in [2.45, 2.75) is 25.9 Å². The maximum atomic E-state index is 12.5. The van der Waals surface area contributed by atoms with Crippen LogP contribution in [0.3, 0.4) is 0 Å². The largest absolute Gasteiger partial charge is 0.431 e. The third-order valence-electron chi connectivity index (χ3n) is 3.60. The van der Waals surface area contributed by atoms with Crippen LogP contribution in [0.15, 0.2) is 12.3 Å². The molecule has 1 fully saturated rings. The van der Waals surface area contributed by atoms with Crippen molar-refractivity contribution in [2.24, 2.45) is 5.92 Å². The molecule has 0 spiro atoms. The summed E-state index contributed by atoms with van der Waals surface area (Å²) in [5.41, 5.74) is -0.840. The second-order valence-corrected chi connectivity index (χ2v) is 5.22. The standard InChI is InChI=1S/C14H19F3N2O2/c1-2-21-9-10-4-3-5-19(8-10)13(20)11-6-12(18-7-11)14(15,16)17/h6-7,10,18H,2-5,8-9H2,1H3. The zero-order chi connectivity index (χ0) is 15.5. The number of nitrogens with one attached hydrogen (secondary N) is 1. The summed E-state index contributed by atoms with van der Waals surface area (Å²) >= 11 is 0. The van der Waals surface area contributed by atoms with Crippen molar-refractivity contribution in [1.82, 2.24) is 9.88 Å². The summed E-state index contributed by atoms with van der Waals surface area (Å²) < 4.78 is 43.0. The molecule has 0 aliphatic carbocycles. The van der Waals surface area contributed by atoms with Crippen LogP contribution in [0, 0.1) is 5.92 Å².